The standard InChI is InChI=1S/C47H37N3.C38H26N2O.C32H22N2S/c1-46(2)39-17-10-8-15-34(39)36-25-24-33(27-41(36)46)49(30-13-6-5-7-14-30)31-20-22-32(23-21-31)50-43-19-12-26-48-45(43)38-28-42-37(29-44(38)50)35-16-9-11-18-40(35)47(42,3)4;1-38(2)30-20-24(23-10-4-3-5-11-23)17-18-25(30)28-22-34-29(21-31(28)38)36-32(15-9-19-39-36)40(34)33-14-8-13-27-26-12-6-7-16-35(26)41-37(27)33;1-32(2)24-12-5-3-9-19(24)22-18-28-23(17-25(22)32)30-26(14-8-16-33-30)34(28)27-13-7-11-21-20-10-4-6-15-29(20)35-31(21)27/h5-29H,1-4H3;3-22H,1-2H3;3-18H,1-2H3. The van der Waals surface area contributed by atoms with Gasteiger partial charge in [0.05, 0.1) is 65.7 Å². The molecule has 4 aliphatic rings. The van der Waals surface area contributed by atoms with Crippen LogP contribution in [0.1, 0.15) is 99.9 Å². The molecule has 0 saturated carbocycles. The van der Waals surface area contributed by atoms with Gasteiger partial charge in [0.2, 0.25) is 0 Å². The van der Waals surface area contributed by atoms with Crippen molar-refractivity contribution in [3.63, 3.8) is 0 Å². The number of aromatic nitrogens is 6. The second kappa shape index (κ2) is 27.2. The van der Waals surface area contributed by atoms with Crippen molar-refractivity contribution in [2.24, 2.45) is 0 Å². The summed E-state index contributed by atoms with van der Waals surface area (Å²) in [6, 6.07) is 128. The van der Waals surface area contributed by atoms with Gasteiger partial charge in [-0.25, -0.2) is 0 Å². The highest BCUT2D eigenvalue weighted by molar-refractivity contribution is 7.26. The number of rotatable bonds is 7. The van der Waals surface area contributed by atoms with Crippen LogP contribution < -0.4 is 4.90 Å². The Morgan fingerprint density at radius 3 is 1.26 bits per heavy atom. The molecule has 8 nitrogen and oxygen atoms in total. The Bertz CT molecular complexity index is 8540. The monoisotopic (exact) mass is 1640 g/mol. The zero-order valence-electron chi connectivity index (χ0n) is 71.2. The topological polar surface area (TPSA) is 69.8 Å². The van der Waals surface area contributed by atoms with E-state index in [1.165, 1.54) is 148 Å². The van der Waals surface area contributed by atoms with E-state index in [2.05, 4.69) is 402 Å². The highest BCUT2D eigenvalue weighted by Gasteiger charge is 2.41. The summed E-state index contributed by atoms with van der Waals surface area (Å²) < 4.78 is 16.3. The Morgan fingerprint density at radius 2 is 0.675 bits per heavy atom. The number of hydrogen-bond acceptors (Lipinski definition) is 6. The lowest BCUT2D eigenvalue weighted by Gasteiger charge is -2.28. The molecule has 8 aromatic heterocycles. The molecule has 126 heavy (non-hydrogen) atoms. The van der Waals surface area contributed by atoms with Gasteiger partial charge in [-0.15, -0.1) is 11.3 Å². The first kappa shape index (κ1) is 73.7. The number of pyridine rings is 3. The molecule has 0 radical (unpaired) electrons. The number of anilines is 3. The molecule has 4 aliphatic carbocycles. The zero-order valence-corrected chi connectivity index (χ0v) is 72.0. The Labute approximate surface area is 733 Å². The first-order chi connectivity index (χ1) is 61.5. The Morgan fingerprint density at radius 1 is 0.262 bits per heavy atom. The molecule has 0 amide bonds. The fraction of sp³-hybridized carbons (Fsp3) is 0.103. The van der Waals surface area contributed by atoms with E-state index in [0.29, 0.717) is 0 Å². The number of thiophene rings is 1. The van der Waals surface area contributed by atoms with Gasteiger partial charge in [-0.1, -0.05) is 256 Å². The van der Waals surface area contributed by atoms with E-state index in [1.54, 1.807) is 0 Å². The van der Waals surface area contributed by atoms with E-state index in [0.717, 1.165) is 94.4 Å². The van der Waals surface area contributed by atoms with E-state index in [-0.39, 0.29) is 21.7 Å². The fourth-order valence-corrected chi connectivity index (χ4v) is 23.3. The summed E-state index contributed by atoms with van der Waals surface area (Å²) in [5.74, 6) is 0. The second-order valence-corrected chi connectivity index (χ2v) is 37.6. The van der Waals surface area contributed by atoms with Crippen molar-refractivity contribution in [2.75, 3.05) is 4.90 Å². The van der Waals surface area contributed by atoms with Crippen LogP contribution in [0.4, 0.5) is 17.1 Å². The summed E-state index contributed by atoms with van der Waals surface area (Å²) in [7, 11) is 0. The van der Waals surface area contributed by atoms with Crippen LogP contribution in [0.5, 0.6) is 0 Å². The molecule has 0 spiro atoms. The lowest BCUT2D eigenvalue weighted by Crippen LogP contribution is -2.16. The molecule has 8 heterocycles. The molecular formula is C117H85N7OS. The van der Waals surface area contributed by atoms with Crippen molar-refractivity contribution in [1.82, 2.24) is 28.7 Å². The summed E-state index contributed by atoms with van der Waals surface area (Å²) >= 11 is 1.88. The molecule has 0 bridgehead atoms. The smallest absolute Gasteiger partial charge is 0.159 e. The molecule has 600 valence electrons. The van der Waals surface area contributed by atoms with Crippen molar-refractivity contribution in [2.45, 2.75) is 77.0 Å². The molecule has 27 rings (SSSR count). The predicted molar refractivity (Wildman–Crippen MR) is 526 cm³/mol. The highest BCUT2D eigenvalue weighted by Crippen LogP contribution is 2.57. The second-order valence-electron chi connectivity index (χ2n) is 36.5. The third-order valence-corrected chi connectivity index (χ3v) is 29.5. The first-order valence-corrected chi connectivity index (χ1v) is 44.6. The molecule has 9 heteroatoms. The van der Waals surface area contributed by atoms with Gasteiger partial charge < -0.3 is 23.0 Å². The van der Waals surface area contributed by atoms with Crippen molar-refractivity contribution in [3.05, 3.63) is 415 Å². The summed E-state index contributed by atoms with van der Waals surface area (Å²) in [6.07, 6.45) is 5.73. The van der Waals surface area contributed by atoms with E-state index < -0.39 is 0 Å². The maximum atomic E-state index is 6.50. The van der Waals surface area contributed by atoms with Crippen LogP contribution in [0, 0.1) is 0 Å². The molecule has 0 aliphatic heterocycles. The van der Waals surface area contributed by atoms with Gasteiger partial charge in [-0.2, -0.15) is 0 Å². The molecule has 0 unspecified atom stereocenters. The Balaban J connectivity index is 0.000000105. The van der Waals surface area contributed by atoms with Crippen molar-refractivity contribution in [3.8, 4) is 72.7 Å². The molecule has 15 aromatic carbocycles. The van der Waals surface area contributed by atoms with E-state index in [4.69, 9.17) is 19.4 Å². The maximum Gasteiger partial charge on any atom is 0.159 e. The van der Waals surface area contributed by atoms with Crippen LogP contribution in [0.3, 0.4) is 0 Å². The average molecular weight is 1640 g/mol. The molecule has 0 N–H and O–H groups in total. The van der Waals surface area contributed by atoms with E-state index >= 15 is 0 Å². The summed E-state index contributed by atoms with van der Waals surface area (Å²) in [5.41, 5.74) is 42.3. The van der Waals surface area contributed by atoms with E-state index in [1.807, 2.05) is 54.2 Å². The van der Waals surface area contributed by atoms with Gasteiger partial charge in [-0.3, -0.25) is 15.0 Å². The summed E-state index contributed by atoms with van der Waals surface area (Å²) in [6.45, 7) is 18.8. The lowest BCUT2D eigenvalue weighted by molar-refractivity contribution is 0.660. The predicted octanol–water partition coefficient (Wildman–Crippen LogP) is 31.2. The van der Waals surface area contributed by atoms with Gasteiger partial charge in [0.25, 0.3) is 0 Å². The van der Waals surface area contributed by atoms with Gasteiger partial charge in [-0.05, 0) is 252 Å². The largest absolute Gasteiger partial charge is 0.454 e. The van der Waals surface area contributed by atoms with Crippen LogP contribution in [-0.2, 0) is 21.7 Å². The van der Waals surface area contributed by atoms with E-state index in [9.17, 15) is 0 Å². The Kier molecular flexibility index (Phi) is 15.9. The van der Waals surface area contributed by atoms with Crippen molar-refractivity contribution >= 4 is 136 Å². The van der Waals surface area contributed by atoms with Crippen molar-refractivity contribution < 1.29 is 4.42 Å². The van der Waals surface area contributed by atoms with Crippen LogP contribution in [-0.4, -0.2) is 28.7 Å². The molecular weight excluding hydrogens is 1550 g/mol. The molecule has 23 aromatic rings. The zero-order chi connectivity index (χ0) is 84.4. The first-order valence-electron chi connectivity index (χ1n) is 43.8. The van der Waals surface area contributed by atoms with Crippen LogP contribution in [0.2, 0.25) is 0 Å². The molecule has 0 saturated heterocycles. The SMILES string of the molecule is CC1(C)c2cc(-c3ccccc3)ccc2-c2cc3c(cc21)c1ncccc1n3-c1cccc2c1oc1ccccc12.CC1(C)c2ccccc2-c2cc3c(cc21)c1ncccc1n3-c1cccc2c1sc1ccccc12.CC1(C)c2ccccc2-c2ccc(N(c3ccccc3)c3ccc(-n4c5cc6c(cc5c5ncccc54)C(C)(C)c4ccccc4-6)cc3)cc21. The van der Waals surface area contributed by atoms with Crippen molar-refractivity contribution in [1.29, 1.82) is 0 Å². The lowest BCUT2D eigenvalue weighted by atomic mass is 9.81. The van der Waals surface area contributed by atoms with Gasteiger partial charge in [0.1, 0.15) is 5.58 Å². The number of fused-ring (bicyclic) bond motifs is 27. The minimum Gasteiger partial charge on any atom is -0.454 e. The number of nitrogens with zero attached hydrogens (tertiary/aromatic N) is 7. The quantitative estimate of drug-likeness (QED) is 0.159. The van der Waals surface area contributed by atoms with Crippen LogP contribution in [0.15, 0.2) is 375 Å². The summed E-state index contributed by atoms with van der Waals surface area (Å²) in [5, 5.41) is 8.47. The Hall–Kier alpha value is -15.0. The third kappa shape index (κ3) is 10.7. The third-order valence-electron chi connectivity index (χ3n) is 28.3. The number of hydrogen-bond donors (Lipinski definition) is 0. The molecule has 0 fully saturated rings. The maximum absolute atomic E-state index is 6.50. The van der Waals surface area contributed by atoms with Gasteiger partial charge >= 0.3 is 0 Å². The number of benzene rings is 15. The van der Waals surface area contributed by atoms with Gasteiger partial charge in [0.15, 0.2) is 5.58 Å². The average Bonchev–Trinajstić information content (AvgIpc) is 1.54. The van der Waals surface area contributed by atoms with Crippen LogP contribution >= 0.6 is 11.3 Å². The van der Waals surface area contributed by atoms with Crippen LogP contribution in [0.25, 0.3) is 181 Å². The number of furan rings is 1. The van der Waals surface area contributed by atoms with Gasteiger partial charge in [0, 0.05) is 105 Å². The minimum absolute atomic E-state index is 0.0329. The highest BCUT2D eigenvalue weighted by atomic mass is 32.1. The fourth-order valence-electron chi connectivity index (χ4n) is 22.1. The normalized spacial score (nSPS) is 14.3. The molecule has 0 atom stereocenters. The number of para-hydroxylation sites is 3. The summed E-state index contributed by atoms with van der Waals surface area (Å²) in [4.78, 5) is 17.1. The minimum atomic E-state index is -0.133.